The number of carbonyl (C=O) groups excluding carboxylic acids is 2. The summed E-state index contributed by atoms with van der Waals surface area (Å²) >= 11 is 0. The number of fused-ring (bicyclic) bond motifs is 2. The van der Waals surface area contributed by atoms with Crippen LogP contribution >= 0.6 is 0 Å². The van der Waals surface area contributed by atoms with Gasteiger partial charge in [-0.05, 0) is 42.2 Å². The Morgan fingerprint density at radius 2 is 1.78 bits per heavy atom. The number of carboxylic acid groups (broad SMARTS) is 1. The number of rotatable bonds is 7. The Kier molecular flexibility index (Phi) is 5.81. The van der Waals surface area contributed by atoms with Crippen molar-refractivity contribution in [1.29, 1.82) is 0 Å². The van der Waals surface area contributed by atoms with Crippen molar-refractivity contribution in [3.63, 3.8) is 0 Å². The summed E-state index contributed by atoms with van der Waals surface area (Å²) < 4.78 is 0. The molecule has 1 aromatic heterocycles. The fourth-order valence-electron chi connectivity index (χ4n) is 4.14. The van der Waals surface area contributed by atoms with Gasteiger partial charge >= 0.3 is 5.97 Å². The number of H-pyrrole nitrogens is 1. The third kappa shape index (κ3) is 4.14. The summed E-state index contributed by atoms with van der Waals surface area (Å²) in [6.45, 7) is 3.45. The monoisotopic (exact) mass is 431 g/mol. The van der Waals surface area contributed by atoms with Crippen LogP contribution in [0.25, 0.3) is 16.5 Å². The fourth-order valence-corrected chi connectivity index (χ4v) is 4.14. The van der Waals surface area contributed by atoms with E-state index in [4.69, 9.17) is 0 Å². The molecule has 164 valence electrons. The number of aromatic amines is 1. The highest BCUT2D eigenvalue weighted by atomic mass is 16.4. The van der Waals surface area contributed by atoms with E-state index in [0.29, 0.717) is 12.0 Å². The second-order valence-electron chi connectivity index (χ2n) is 8.10. The molecule has 7 nitrogen and oxygen atoms in total. The molecule has 0 saturated carbocycles. The van der Waals surface area contributed by atoms with Crippen molar-refractivity contribution < 1.29 is 19.5 Å². The van der Waals surface area contributed by atoms with Crippen molar-refractivity contribution in [2.75, 3.05) is 0 Å². The van der Waals surface area contributed by atoms with Crippen molar-refractivity contribution in [1.82, 2.24) is 15.6 Å². The van der Waals surface area contributed by atoms with Gasteiger partial charge in [-0.25, -0.2) is 4.79 Å². The Hall–Kier alpha value is -3.87. The fraction of sp³-hybridized carbons (Fsp3) is 0.240. The van der Waals surface area contributed by atoms with Crippen LogP contribution in [-0.2, 0) is 27.2 Å². The van der Waals surface area contributed by atoms with Crippen molar-refractivity contribution in [3.05, 3.63) is 77.0 Å². The van der Waals surface area contributed by atoms with Gasteiger partial charge in [0, 0.05) is 35.5 Å². The third-order valence-electron chi connectivity index (χ3n) is 5.97. The van der Waals surface area contributed by atoms with Gasteiger partial charge in [0.25, 0.3) is 0 Å². The molecule has 1 aliphatic carbocycles. The largest absolute Gasteiger partial charge is 0.480 e. The summed E-state index contributed by atoms with van der Waals surface area (Å²) in [4.78, 5) is 40.4. The Morgan fingerprint density at radius 1 is 1.06 bits per heavy atom. The molecule has 0 unspecified atom stereocenters. The number of aliphatic carboxylic acids is 1. The molecular formula is C25H25N3O4. The third-order valence-corrected chi connectivity index (χ3v) is 5.97. The first kappa shape index (κ1) is 21.4. The molecule has 2 atom stereocenters. The van der Waals surface area contributed by atoms with E-state index in [9.17, 15) is 19.5 Å². The minimum absolute atomic E-state index is 0.130. The molecule has 2 amide bonds. The van der Waals surface area contributed by atoms with Crippen LogP contribution in [0, 0.1) is 0 Å². The predicted octanol–water partition coefficient (Wildman–Crippen LogP) is 2.81. The lowest BCUT2D eigenvalue weighted by atomic mass is 10.0. The normalized spacial score (nSPS) is 14.7. The van der Waals surface area contributed by atoms with Gasteiger partial charge in [0.05, 0.1) is 0 Å². The SMILES string of the molecule is CC1=C(C(=O)N[C@H](C)C(=O)N[C@@H](Cc2c[nH]c3ccccc23)C(=O)O)Cc2ccccc21. The van der Waals surface area contributed by atoms with E-state index in [-0.39, 0.29) is 12.3 Å². The topological polar surface area (TPSA) is 111 Å². The molecule has 0 aliphatic heterocycles. The minimum atomic E-state index is -1.13. The Labute approximate surface area is 185 Å². The van der Waals surface area contributed by atoms with E-state index in [0.717, 1.165) is 33.2 Å². The number of para-hydroxylation sites is 1. The van der Waals surface area contributed by atoms with E-state index in [1.807, 2.05) is 55.5 Å². The summed E-state index contributed by atoms with van der Waals surface area (Å²) in [5, 5.41) is 15.8. The Bertz CT molecular complexity index is 1240. The summed E-state index contributed by atoms with van der Waals surface area (Å²) in [6, 6.07) is 13.4. The zero-order chi connectivity index (χ0) is 22.8. The van der Waals surface area contributed by atoms with Crippen LogP contribution in [0.1, 0.15) is 30.5 Å². The molecule has 32 heavy (non-hydrogen) atoms. The van der Waals surface area contributed by atoms with E-state index in [1.54, 1.807) is 13.1 Å². The minimum Gasteiger partial charge on any atom is -0.480 e. The van der Waals surface area contributed by atoms with Crippen molar-refractivity contribution in [2.24, 2.45) is 0 Å². The maximum Gasteiger partial charge on any atom is 0.326 e. The average Bonchev–Trinajstić information content (AvgIpc) is 3.34. The lowest BCUT2D eigenvalue weighted by Crippen LogP contribution is -2.51. The van der Waals surface area contributed by atoms with Crippen LogP contribution in [0.5, 0.6) is 0 Å². The van der Waals surface area contributed by atoms with E-state index in [1.165, 1.54) is 0 Å². The maximum atomic E-state index is 12.8. The van der Waals surface area contributed by atoms with Gasteiger partial charge < -0.3 is 20.7 Å². The van der Waals surface area contributed by atoms with Crippen LogP contribution in [0.2, 0.25) is 0 Å². The Balaban J connectivity index is 1.41. The van der Waals surface area contributed by atoms with E-state index >= 15 is 0 Å². The van der Waals surface area contributed by atoms with Gasteiger partial charge in [0.1, 0.15) is 12.1 Å². The molecule has 1 heterocycles. The number of allylic oxidation sites excluding steroid dienone is 1. The maximum absolute atomic E-state index is 12.8. The number of hydrogen-bond donors (Lipinski definition) is 4. The van der Waals surface area contributed by atoms with Crippen LogP contribution in [0.15, 0.2) is 60.3 Å². The molecule has 4 rings (SSSR count). The number of aromatic nitrogens is 1. The quantitative estimate of drug-likeness (QED) is 0.461. The van der Waals surface area contributed by atoms with Gasteiger partial charge in [0.15, 0.2) is 0 Å². The number of carbonyl (C=O) groups is 3. The highest BCUT2D eigenvalue weighted by Crippen LogP contribution is 2.32. The molecule has 0 spiro atoms. The summed E-state index contributed by atoms with van der Waals surface area (Å²) in [5.74, 6) is -1.99. The smallest absolute Gasteiger partial charge is 0.326 e. The predicted molar refractivity (Wildman–Crippen MR) is 122 cm³/mol. The number of benzene rings is 2. The second-order valence-corrected chi connectivity index (χ2v) is 8.10. The first-order valence-corrected chi connectivity index (χ1v) is 10.5. The first-order chi connectivity index (χ1) is 15.3. The van der Waals surface area contributed by atoms with Crippen molar-refractivity contribution in [3.8, 4) is 0 Å². The molecule has 0 radical (unpaired) electrons. The standard InChI is InChI=1S/C25H25N3O4/c1-14-18-8-4-3-7-16(18)11-20(14)24(30)27-15(2)23(29)28-22(25(31)32)12-17-13-26-21-10-6-5-9-19(17)21/h3-10,13,15,22,26H,11-12H2,1-2H3,(H,27,30)(H,28,29)(H,31,32)/t15-,22+/m1/s1. The van der Waals surface area contributed by atoms with Crippen LogP contribution in [0.3, 0.4) is 0 Å². The zero-order valence-electron chi connectivity index (χ0n) is 17.9. The van der Waals surface area contributed by atoms with Crippen molar-refractivity contribution >= 4 is 34.3 Å². The van der Waals surface area contributed by atoms with Gasteiger partial charge in [-0.2, -0.15) is 0 Å². The lowest BCUT2D eigenvalue weighted by molar-refractivity contribution is -0.142. The summed E-state index contributed by atoms with van der Waals surface area (Å²) in [7, 11) is 0. The molecule has 0 saturated heterocycles. The van der Waals surface area contributed by atoms with Gasteiger partial charge in [0.2, 0.25) is 11.8 Å². The second kappa shape index (κ2) is 8.70. The van der Waals surface area contributed by atoms with Gasteiger partial charge in [-0.15, -0.1) is 0 Å². The molecule has 1 aliphatic rings. The molecule has 7 heteroatoms. The van der Waals surface area contributed by atoms with Gasteiger partial charge in [-0.3, -0.25) is 9.59 Å². The highest BCUT2D eigenvalue weighted by molar-refractivity contribution is 6.05. The van der Waals surface area contributed by atoms with Crippen molar-refractivity contribution in [2.45, 2.75) is 38.8 Å². The van der Waals surface area contributed by atoms with E-state index in [2.05, 4.69) is 15.6 Å². The first-order valence-electron chi connectivity index (χ1n) is 10.5. The molecule has 4 N–H and O–H groups in total. The molecule has 3 aromatic rings. The molecule has 0 bridgehead atoms. The highest BCUT2D eigenvalue weighted by Gasteiger charge is 2.28. The Morgan fingerprint density at radius 3 is 2.53 bits per heavy atom. The van der Waals surface area contributed by atoms with E-state index < -0.39 is 24.0 Å². The number of carboxylic acids is 1. The van der Waals surface area contributed by atoms with Crippen LogP contribution < -0.4 is 10.6 Å². The number of nitrogens with one attached hydrogen (secondary N) is 3. The van der Waals surface area contributed by atoms with Crippen LogP contribution in [0.4, 0.5) is 0 Å². The summed E-state index contributed by atoms with van der Waals surface area (Å²) in [5.41, 5.74) is 5.35. The average molecular weight is 431 g/mol. The number of amides is 2. The number of hydrogen-bond acceptors (Lipinski definition) is 3. The lowest BCUT2D eigenvalue weighted by Gasteiger charge is -2.19. The zero-order valence-corrected chi connectivity index (χ0v) is 17.9. The van der Waals surface area contributed by atoms with Crippen LogP contribution in [-0.4, -0.2) is 40.0 Å². The molecular weight excluding hydrogens is 406 g/mol. The molecule has 0 fully saturated rings. The summed E-state index contributed by atoms with van der Waals surface area (Å²) in [6.07, 6.45) is 2.40. The van der Waals surface area contributed by atoms with Gasteiger partial charge in [-0.1, -0.05) is 42.5 Å². The molecule has 2 aromatic carbocycles.